The predicted octanol–water partition coefficient (Wildman–Crippen LogP) is 3.71. The molecule has 1 aliphatic heterocycles. The van der Waals surface area contributed by atoms with E-state index in [-0.39, 0.29) is 24.0 Å². The Bertz CT molecular complexity index is 696. The van der Waals surface area contributed by atoms with Gasteiger partial charge in [0.2, 0.25) is 0 Å². The van der Waals surface area contributed by atoms with E-state index >= 15 is 0 Å². The molecule has 0 bridgehead atoms. The summed E-state index contributed by atoms with van der Waals surface area (Å²) in [4.78, 5) is 13.0. The van der Waals surface area contributed by atoms with Crippen LogP contribution in [0.4, 0.5) is 5.69 Å². The number of rotatable bonds is 5. The van der Waals surface area contributed by atoms with E-state index in [0.29, 0.717) is 12.6 Å². The Morgan fingerprint density at radius 1 is 1.31 bits per heavy atom. The average Bonchev–Trinajstić information content (AvgIpc) is 3.21. The van der Waals surface area contributed by atoms with E-state index in [2.05, 4.69) is 71.6 Å². The fourth-order valence-electron chi connectivity index (χ4n) is 3.02. The fourth-order valence-corrected chi connectivity index (χ4v) is 3.88. The number of hydrogen-bond acceptors (Lipinski definition) is 4. The highest BCUT2D eigenvalue weighted by atomic mass is 127. The number of aryl methyl sites for hydroxylation is 2. The largest absolute Gasteiger partial charge is 0.369 e. The van der Waals surface area contributed by atoms with Gasteiger partial charge in [-0.1, -0.05) is 18.2 Å². The number of aromatic nitrogens is 1. The van der Waals surface area contributed by atoms with Crippen molar-refractivity contribution in [1.29, 1.82) is 0 Å². The van der Waals surface area contributed by atoms with Gasteiger partial charge in [0.05, 0.1) is 12.2 Å². The van der Waals surface area contributed by atoms with E-state index in [1.54, 1.807) is 11.3 Å². The van der Waals surface area contributed by atoms with Crippen LogP contribution in [0.2, 0.25) is 0 Å². The van der Waals surface area contributed by atoms with Crippen LogP contribution < -0.4 is 15.5 Å². The first-order valence-corrected chi connectivity index (χ1v) is 9.75. The molecule has 2 aromatic rings. The maximum Gasteiger partial charge on any atom is 0.191 e. The highest BCUT2D eigenvalue weighted by Gasteiger charge is 2.23. The fraction of sp³-hybridized carbons (Fsp3) is 0.474. The van der Waals surface area contributed by atoms with Gasteiger partial charge in [0.25, 0.3) is 0 Å². The van der Waals surface area contributed by atoms with Crippen LogP contribution >= 0.6 is 35.3 Å². The highest BCUT2D eigenvalue weighted by Crippen LogP contribution is 2.20. The molecule has 0 radical (unpaired) electrons. The summed E-state index contributed by atoms with van der Waals surface area (Å²) in [7, 11) is 0. The zero-order chi connectivity index (χ0) is 17.6. The summed E-state index contributed by atoms with van der Waals surface area (Å²) in [6.07, 6.45) is 1.12. The number of para-hydroxylation sites is 1. The van der Waals surface area contributed by atoms with E-state index in [1.165, 1.54) is 10.6 Å². The average molecular weight is 485 g/mol. The predicted molar refractivity (Wildman–Crippen MR) is 122 cm³/mol. The summed E-state index contributed by atoms with van der Waals surface area (Å²) >= 11 is 1.73. The van der Waals surface area contributed by atoms with E-state index < -0.39 is 0 Å². The van der Waals surface area contributed by atoms with E-state index in [4.69, 9.17) is 4.99 Å². The zero-order valence-electron chi connectivity index (χ0n) is 15.7. The maximum atomic E-state index is 4.72. The minimum Gasteiger partial charge on any atom is -0.369 e. The second kappa shape index (κ2) is 10.1. The Kier molecular flexibility index (Phi) is 8.15. The van der Waals surface area contributed by atoms with Gasteiger partial charge in [0, 0.05) is 36.2 Å². The molecule has 1 fully saturated rings. The molecule has 2 N–H and O–H groups in total. The van der Waals surface area contributed by atoms with Crippen LogP contribution in [0.3, 0.4) is 0 Å². The van der Waals surface area contributed by atoms with Crippen LogP contribution in [-0.4, -0.2) is 36.6 Å². The quantitative estimate of drug-likeness (QED) is 0.385. The van der Waals surface area contributed by atoms with Gasteiger partial charge in [-0.05, 0) is 39.3 Å². The van der Waals surface area contributed by atoms with E-state index in [9.17, 15) is 0 Å². The molecular weight excluding hydrogens is 457 g/mol. The minimum absolute atomic E-state index is 0. The Labute approximate surface area is 177 Å². The molecule has 3 rings (SSSR count). The zero-order valence-corrected chi connectivity index (χ0v) is 18.8. The number of guanidine groups is 1. The van der Waals surface area contributed by atoms with Gasteiger partial charge < -0.3 is 15.5 Å². The molecule has 0 aliphatic carbocycles. The third-order valence-electron chi connectivity index (χ3n) is 4.44. The molecule has 26 heavy (non-hydrogen) atoms. The summed E-state index contributed by atoms with van der Waals surface area (Å²) in [5.41, 5.74) is 2.41. The molecule has 2 heterocycles. The second-order valence-corrected chi connectivity index (χ2v) is 7.64. The van der Waals surface area contributed by atoms with Crippen molar-refractivity contribution < 1.29 is 0 Å². The number of benzene rings is 1. The first-order chi connectivity index (χ1) is 12.2. The monoisotopic (exact) mass is 485 g/mol. The topological polar surface area (TPSA) is 52.6 Å². The molecule has 7 heteroatoms. The molecule has 1 atom stereocenters. The molecule has 1 aliphatic rings. The molecule has 1 unspecified atom stereocenters. The summed E-state index contributed by atoms with van der Waals surface area (Å²) < 4.78 is 0. The minimum atomic E-state index is 0. The molecule has 1 aromatic carbocycles. The molecule has 0 saturated carbocycles. The van der Waals surface area contributed by atoms with Gasteiger partial charge in [0.15, 0.2) is 5.96 Å². The van der Waals surface area contributed by atoms with Crippen molar-refractivity contribution >= 4 is 47.0 Å². The summed E-state index contributed by atoms with van der Waals surface area (Å²) in [5, 5.41) is 8.01. The summed E-state index contributed by atoms with van der Waals surface area (Å²) in [6, 6.07) is 11.0. The number of thiazole rings is 1. The van der Waals surface area contributed by atoms with Crippen LogP contribution in [0, 0.1) is 13.8 Å². The first kappa shape index (κ1) is 21.0. The number of anilines is 1. The van der Waals surface area contributed by atoms with Crippen LogP contribution in [0.25, 0.3) is 0 Å². The lowest BCUT2D eigenvalue weighted by Gasteiger charge is -2.20. The third kappa shape index (κ3) is 5.57. The van der Waals surface area contributed by atoms with Crippen molar-refractivity contribution in [1.82, 2.24) is 15.6 Å². The van der Waals surface area contributed by atoms with Crippen molar-refractivity contribution in [3.63, 3.8) is 0 Å². The lowest BCUT2D eigenvalue weighted by Crippen LogP contribution is -2.44. The number of halogens is 1. The Balaban J connectivity index is 0.00000243. The summed E-state index contributed by atoms with van der Waals surface area (Å²) in [5.74, 6) is 0.882. The SMILES string of the molecule is CCNC(=NCc1nc(C)c(C)s1)NC1CCN(c2ccccc2)C1.I. The van der Waals surface area contributed by atoms with E-state index in [0.717, 1.165) is 42.7 Å². The number of aliphatic imine (C=N–C) groups is 1. The van der Waals surface area contributed by atoms with Crippen molar-refractivity contribution in [3.8, 4) is 0 Å². The second-order valence-electron chi connectivity index (χ2n) is 6.36. The van der Waals surface area contributed by atoms with Crippen molar-refractivity contribution in [2.75, 3.05) is 24.5 Å². The van der Waals surface area contributed by atoms with Gasteiger partial charge in [-0.2, -0.15) is 0 Å². The maximum absolute atomic E-state index is 4.72. The lowest BCUT2D eigenvalue weighted by atomic mass is 10.3. The van der Waals surface area contributed by atoms with Gasteiger partial charge in [-0.15, -0.1) is 35.3 Å². The van der Waals surface area contributed by atoms with E-state index in [1.807, 2.05) is 0 Å². The molecule has 0 spiro atoms. The summed E-state index contributed by atoms with van der Waals surface area (Å²) in [6.45, 7) is 9.83. The van der Waals surface area contributed by atoms with Gasteiger partial charge >= 0.3 is 0 Å². The molecule has 1 saturated heterocycles. The van der Waals surface area contributed by atoms with Gasteiger partial charge in [0.1, 0.15) is 5.01 Å². The molecule has 0 amide bonds. The number of nitrogens with one attached hydrogen (secondary N) is 2. The number of hydrogen-bond donors (Lipinski definition) is 2. The first-order valence-electron chi connectivity index (χ1n) is 8.93. The Morgan fingerprint density at radius 2 is 2.08 bits per heavy atom. The van der Waals surface area contributed by atoms with Crippen molar-refractivity contribution in [2.24, 2.45) is 4.99 Å². The van der Waals surface area contributed by atoms with Gasteiger partial charge in [-0.3, -0.25) is 0 Å². The normalized spacial score (nSPS) is 17.1. The van der Waals surface area contributed by atoms with Crippen LogP contribution in [-0.2, 0) is 6.54 Å². The van der Waals surface area contributed by atoms with Crippen molar-refractivity contribution in [3.05, 3.63) is 45.9 Å². The smallest absolute Gasteiger partial charge is 0.191 e. The standard InChI is InChI=1S/C19H27N5S.HI/c1-4-20-19(21-12-18-22-14(2)15(3)25-18)23-16-10-11-24(13-16)17-8-6-5-7-9-17;/h5-9,16H,4,10-13H2,1-3H3,(H2,20,21,23);1H. The van der Waals surface area contributed by atoms with Crippen LogP contribution in [0.15, 0.2) is 35.3 Å². The Hall–Kier alpha value is -1.35. The van der Waals surface area contributed by atoms with Crippen LogP contribution in [0.1, 0.15) is 28.9 Å². The molecule has 5 nitrogen and oxygen atoms in total. The number of nitrogens with zero attached hydrogens (tertiary/aromatic N) is 3. The molecular formula is C19H28IN5S. The Morgan fingerprint density at radius 3 is 2.73 bits per heavy atom. The lowest BCUT2D eigenvalue weighted by molar-refractivity contribution is 0.649. The van der Waals surface area contributed by atoms with Gasteiger partial charge in [-0.25, -0.2) is 9.98 Å². The molecule has 142 valence electrons. The third-order valence-corrected chi connectivity index (χ3v) is 5.50. The van der Waals surface area contributed by atoms with Crippen LogP contribution in [0.5, 0.6) is 0 Å². The van der Waals surface area contributed by atoms with Crippen molar-refractivity contribution in [2.45, 2.75) is 39.8 Å². The molecule has 1 aromatic heterocycles. The highest BCUT2D eigenvalue weighted by molar-refractivity contribution is 14.0.